The van der Waals surface area contributed by atoms with Gasteiger partial charge in [0.2, 0.25) is 0 Å². The molecule has 6 nitrogen and oxygen atoms in total. The van der Waals surface area contributed by atoms with Crippen LogP contribution in [0.3, 0.4) is 0 Å². The monoisotopic (exact) mass is 435 g/mol. The highest BCUT2D eigenvalue weighted by atomic mass is 16.5. The summed E-state index contributed by atoms with van der Waals surface area (Å²) in [6.45, 7) is 8.02. The molecule has 1 atom stereocenters. The van der Waals surface area contributed by atoms with E-state index in [9.17, 15) is 19.5 Å². The highest BCUT2D eigenvalue weighted by Gasteiger charge is 2.43. The maximum absolute atomic E-state index is 13.0. The van der Waals surface area contributed by atoms with Crippen LogP contribution >= 0.6 is 0 Å². The number of esters is 1. The Morgan fingerprint density at radius 3 is 2.41 bits per heavy atom. The molecule has 0 saturated heterocycles. The first kappa shape index (κ1) is 23.3. The van der Waals surface area contributed by atoms with Crippen LogP contribution in [0.25, 0.3) is 0 Å². The fourth-order valence-corrected chi connectivity index (χ4v) is 3.93. The van der Waals surface area contributed by atoms with Gasteiger partial charge in [0.1, 0.15) is 0 Å². The highest BCUT2D eigenvalue weighted by molar-refractivity contribution is 6.09. The molecule has 0 aliphatic carbocycles. The Balaban J connectivity index is 1.96. The fraction of sp³-hybridized carbons (Fsp3) is 0.346. The van der Waals surface area contributed by atoms with Crippen LogP contribution in [0.1, 0.15) is 60.3 Å². The number of benzene rings is 2. The topological polar surface area (TPSA) is 83.9 Å². The predicted molar refractivity (Wildman–Crippen MR) is 121 cm³/mol. The van der Waals surface area contributed by atoms with Crippen molar-refractivity contribution in [1.82, 2.24) is 4.90 Å². The second-order valence-corrected chi connectivity index (χ2v) is 8.45. The van der Waals surface area contributed by atoms with E-state index in [1.54, 1.807) is 31.2 Å². The quantitative estimate of drug-likeness (QED) is 0.609. The van der Waals surface area contributed by atoms with Crippen LogP contribution in [0.5, 0.6) is 0 Å². The number of aliphatic hydroxyl groups is 1. The minimum atomic E-state index is -0.668. The molecular formula is C26H29NO5. The van der Waals surface area contributed by atoms with Gasteiger partial charge in [-0.15, -0.1) is 0 Å². The number of carbonyl (C=O) groups excluding carboxylic acids is 3. The molecular weight excluding hydrogens is 406 g/mol. The van der Waals surface area contributed by atoms with Gasteiger partial charge in [-0.2, -0.15) is 0 Å². The minimum Gasteiger partial charge on any atom is -0.503 e. The molecule has 3 rings (SSSR count). The van der Waals surface area contributed by atoms with Crippen molar-refractivity contribution in [2.45, 2.75) is 46.7 Å². The molecule has 1 aliphatic rings. The summed E-state index contributed by atoms with van der Waals surface area (Å²) in [6, 6.07) is 13.7. The summed E-state index contributed by atoms with van der Waals surface area (Å²) >= 11 is 0. The number of ether oxygens (including phenoxy) is 1. The second-order valence-electron chi connectivity index (χ2n) is 8.45. The minimum absolute atomic E-state index is 0.0977. The highest BCUT2D eigenvalue weighted by Crippen LogP contribution is 2.39. The maximum atomic E-state index is 13.0. The summed E-state index contributed by atoms with van der Waals surface area (Å²) < 4.78 is 5.01. The molecule has 0 aromatic heterocycles. The number of amides is 1. The predicted octanol–water partition coefficient (Wildman–Crippen LogP) is 4.68. The first-order valence-electron chi connectivity index (χ1n) is 10.8. The Bertz CT molecular complexity index is 1050. The fourth-order valence-electron chi connectivity index (χ4n) is 3.93. The molecule has 0 saturated carbocycles. The Kier molecular flexibility index (Phi) is 7.13. The number of hydrogen-bond donors (Lipinski definition) is 1. The van der Waals surface area contributed by atoms with Gasteiger partial charge in [0.15, 0.2) is 11.5 Å². The molecule has 0 bridgehead atoms. The van der Waals surface area contributed by atoms with Gasteiger partial charge in [-0.3, -0.25) is 9.59 Å². The van der Waals surface area contributed by atoms with E-state index in [4.69, 9.17) is 4.74 Å². The van der Waals surface area contributed by atoms with Crippen LogP contribution in [-0.2, 0) is 20.9 Å². The third-order valence-electron chi connectivity index (χ3n) is 5.37. The summed E-state index contributed by atoms with van der Waals surface area (Å²) in [5, 5.41) is 10.7. The van der Waals surface area contributed by atoms with E-state index in [1.165, 1.54) is 4.90 Å². The third kappa shape index (κ3) is 4.90. The molecule has 0 radical (unpaired) electrons. The average Bonchev–Trinajstić information content (AvgIpc) is 2.99. The van der Waals surface area contributed by atoms with Gasteiger partial charge in [-0.25, -0.2) is 4.79 Å². The van der Waals surface area contributed by atoms with Crippen LogP contribution in [0.15, 0.2) is 59.9 Å². The number of aliphatic hydroxyl groups excluding tert-OH is 1. The zero-order chi connectivity index (χ0) is 23.4. The van der Waals surface area contributed by atoms with Crippen LogP contribution in [-0.4, -0.2) is 34.3 Å². The summed E-state index contributed by atoms with van der Waals surface area (Å²) in [5.74, 6) is -1.59. The number of ketones is 1. The SMILES string of the molecule is CCOC(=O)c1ccc(CN2C(=O)C(O)=C(C(=O)CC(C)C)C2c2cccc(C)c2)cc1. The van der Waals surface area contributed by atoms with Gasteiger partial charge in [0.25, 0.3) is 5.91 Å². The van der Waals surface area contributed by atoms with E-state index >= 15 is 0 Å². The molecule has 2 aromatic carbocycles. The van der Waals surface area contributed by atoms with E-state index in [0.29, 0.717) is 12.2 Å². The Morgan fingerprint density at radius 1 is 1.12 bits per heavy atom. The summed E-state index contributed by atoms with van der Waals surface area (Å²) in [5.41, 5.74) is 3.12. The summed E-state index contributed by atoms with van der Waals surface area (Å²) in [7, 11) is 0. The van der Waals surface area contributed by atoms with E-state index in [-0.39, 0.29) is 30.2 Å². The lowest BCUT2D eigenvalue weighted by atomic mass is 9.91. The van der Waals surface area contributed by atoms with Gasteiger partial charge in [-0.05, 0) is 43.0 Å². The first-order chi connectivity index (χ1) is 15.2. The molecule has 6 heteroatoms. The first-order valence-corrected chi connectivity index (χ1v) is 10.8. The zero-order valence-corrected chi connectivity index (χ0v) is 18.9. The Hall–Kier alpha value is -3.41. The molecule has 1 N–H and O–H groups in total. The molecule has 0 fully saturated rings. The largest absolute Gasteiger partial charge is 0.503 e. The molecule has 168 valence electrons. The van der Waals surface area contributed by atoms with Crippen LogP contribution in [0.4, 0.5) is 0 Å². The van der Waals surface area contributed by atoms with Crippen molar-refractivity contribution in [2.75, 3.05) is 6.61 Å². The van der Waals surface area contributed by atoms with E-state index in [2.05, 4.69) is 0 Å². The zero-order valence-electron chi connectivity index (χ0n) is 18.9. The van der Waals surface area contributed by atoms with Crippen molar-refractivity contribution in [1.29, 1.82) is 0 Å². The molecule has 1 unspecified atom stereocenters. The normalized spacial score (nSPS) is 16.1. The van der Waals surface area contributed by atoms with Crippen molar-refractivity contribution in [2.24, 2.45) is 5.92 Å². The Labute approximate surface area is 188 Å². The molecule has 32 heavy (non-hydrogen) atoms. The van der Waals surface area contributed by atoms with Crippen molar-refractivity contribution >= 4 is 17.7 Å². The third-order valence-corrected chi connectivity index (χ3v) is 5.37. The van der Waals surface area contributed by atoms with Crippen LogP contribution in [0.2, 0.25) is 0 Å². The van der Waals surface area contributed by atoms with E-state index in [0.717, 1.165) is 16.7 Å². The molecule has 1 aliphatic heterocycles. The van der Waals surface area contributed by atoms with Crippen LogP contribution < -0.4 is 0 Å². The number of rotatable bonds is 8. The van der Waals surface area contributed by atoms with Crippen molar-refractivity contribution < 1.29 is 24.2 Å². The molecule has 2 aromatic rings. The lowest BCUT2D eigenvalue weighted by Crippen LogP contribution is -2.30. The number of carbonyl (C=O) groups is 3. The van der Waals surface area contributed by atoms with Gasteiger partial charge in [0.05, 0.1) is 23.8 Å². The lowest BCUT2D eigenvalue weighted by molar-refractivity contribution is -0.130. The number of Topliss-reactive ketones (excluding diaryl/α,β-unsaturated/α-hetero) is 1. The molecule has 1 heterocycles. The number of aryl methyl sites for hydroxylation is 1. The van der Waals surface area contributed by atoms with Gasteiger partial charge >= 0.3 is 5.97 Å². The maximum Gasteiger partial charge on any atom is 0.338 e. The average molecular weight is 436 g/mol. The standard InChI is InChI=1S/C26H29NO5/c1-5-32-26(31)19-11-9-18(10-12-19)15-27-23(20-8-6-7-17(4)14-20)22(24(29)25(27)30)21(28)13-16(2)3/h6-12,14,16,23,29H,5,13,15H2,1-4H3. The Morgan fingerprint density at radius 2 is 1.81 bits per heavy atom. The summed E-state index contributed by atoms with van der Waals surface area (Å²) in [4.78, 5) is 39.5. The number of hydrogen-bond acceptors (Lipinski definition) is 5. The lowest BCUT2D eigenvalue weighted by Gasteiger charge is -2.27. The van der Waals surface area contributed by atoms with E-state index in [1.807, 2.05) is 45.0 Å². The van der Waals surface area contributed by atoms with Crippen molar-refractivity contribution in [3.8, 4) is 0 Å². The molecule has 0 spiro atoms. The van der Waals surface area contributed by atoms with Crippen molar-refractivity contribution in [3.63, 3.8) is 0 Å². The molecule has 1 amide bonds. The number of nitrogens with zero attached hydrogens (tertiary/aromatic N) is 1. The summed E-state index contributed by atoms with van der Waals surface area (Å²) in [6.07, 6.45) is 0.247. The smallest absolute Gasteiger partial charge is 0.338 e. The second kappa shape index (κ2) is 9.81. The van der Waals surface area contributed by atoms with Crippen LogP contribution in [0, 0.1) is 12.8 Å². The van der Waals surface area contributed by atoms with Gasteiger partial charge < -0.3 is 14.7 Å². The van der Waals surface area contributed by atoms with Crippen molar-refractivity contribution in [3.05, 3.63) is 82.1 Å². The van der Waals surface area contributed by atoms with Gasteiger partial charge in [0, 0.05) is 13.0 Å². The van der Waals surface area contributed by atoms with Gasteiger partial charge in [-0.1, -0.05) is 55.8 Å². The van der Waals surface area contributed by atoms with E-state index < -0.39 is 23.7 Å².